The van der Waals surface area contributed by atoms with E-state index in [0.717, 1.165) is 0 Å². The van der Waals surface area contributed by atoms with E-state index in [1.54, 1.807) is 13.8 Å². The Kier molecular flexibility index (Phi) is 3.71. The SMILES string of the molecule is CC(C)C(C(=O)NC1(C(F)(F)F)CC1)C(N)=S. The minimum absolute atomic E-state index is 0.0736. The van der Waals surface area contributed by atoms with Crippen molar-refractivity contribution >= 4 is 23.1 Å². The fourth-order valence-electron chi connectivity index (χ4n) is 1.68. The summed E-state index contributed by atoms with van der Waals surface area (Å²) in [4.78, 5) is 11.7. The van der Waals surface area contributed by atoms with Crippen LogP contribution in [0.1, 0.15) is 26.7 Å². The molecule has 0 saturated heterocycles. The number of hydrogen-bond acceptors (Lipinski definition) is 2. The molecule has 1 rings (SSSR count). The van der Waals surface area contributed by atoms with Gasteiger partial charge in [-0.2, -0.15) is 13.2 Å². The van der Waals surface area contributed by atoms with Gasteiger partial charge in [-0.25, -0.2) is 0 Å². The predicted octanol–water partition coefficient (Wildman–Crippen LogP) is 1.76. The van der Waals surface area contributed by atoms with Crippen LogP contribution in [-0.4, -0.2) is 22.6 Å². The normalized spacial score (nSPS) is 19.9. The zero-order valence-corrected chi connectivity index (χ0v) is 10.4. The summed E-state index contributed by atoms with van der Waals surface area (Å²) < 4.78 is 37.9. The van der Waals surface area contributed by atoms with Crippen LogP contribution in [-0.2, 0) is 4.79 Å². The highest BCUT2D eigenvalue weighted by Gasteiger charge is 2.64. The maximum absolute atomic E-state index is 12.6. The average Bonchev–Trinajstić information content (AvgIpc) is 2.81. The van der Waals surface area contributed by atoms with Crippen LogP contribution in [0, 0.1) is 11.8 Å². The van der Waals surface area contributed by atoms with E-state index in [1.807, 2.05) is 5.32 Å². The van der Waals surface area contributed by atoms with Crippen LogP contribution < -0.4 is 11.1 Å². The van der Waals surface area contributed by atoms with Crippen LogP contribution in [0.25, 0.3) is 0 Å². The van der Waals surface area contributed by atoms with Gasteiger partial charge in [0.15, 0.2) is 0 Å². The van der Waals surface area contributed by atoms with Crippen molar-refractivity contribution in [3.8, 4) is 0 Å². The first-order valence-corrected chi connectivity index (χ1v) is 5.69. The monoisotopic (exact) mass is 268 g/mol. The first-order valence-electron chi connectivity index (χ1n) is 5.29. The molecular weight excluding hydrogens is 253 g/mol. The predicted molar refractivity (Wildman–Crippen MR) is 61.3 cm³/mol. The Morgan fingerprint density at radius 2 is 1.88 bits per heavy atom. The van der Waals surface area contributed by atoms with Crippen LogP contribution in [0.3, 0.4) is 0 Å². The first kappa shape index (κ1) is 14.2. The summed E-state index contributed by atoms with van der Waals surface area (Å²) in [6.07, 6.45) is -4.57. The number of amides is 1. The van der Waals surface area contributed by atoms with Gasteiger partial charge in [-0.05, 0) is 18.8 Å². The number of alkyl halides is 3. The summed E-state index contributed by atoms with van der Waals surface area (Å²) in [5, 5.41) is 2.04. The minimum atomic E-state index is -4.42. The van der Waals surface area contributed by atoms with Gasteiger partial charge >= 0.3 is 6.18 Å². The van der Waals surface area contributed by atoms with Gasteiger partial charge in [0.25, 0.3) is 0 Å². The molecule has 0 spiro atoms. The third-order valence-electron chi connectivity index (χ3n) is 2.91. The van der Waals surface area contributed by atoms with Crippen molar-refractivity contribution in [2.75, 3.05) is 0 Å². The number of nitrogens with two attached hydrogens (primary N) is 1. The largest absolute Gasteiger partial charge is 0.411 e. The summed E-state index contributed by atoms with van der Waals surface area (Å²) in [5.41, 5.74) is 3.32. The third-order valence-corrected chi connectivity index (χ3v) is 3.16. The van der Waals surface area contributed by atoms with Crippen LogP contribution in [0.2, 0.25) is 0 Å². The van der Waals surface area contributed by atoms with Crippen molar-refractivity contribution in [2.24, 2.45) is 17.6 Å². The molecule has 1 saturated carbocycles. The van der Waals surface area contributed by atoms with E-state index in [1.165, 1.54) is 0 Å². The van der Waals surface area contributed by atoms with Gasteiger partial charge in [0, 0.05) is 0 Å². The number of halogens is 3. The second-order valence-electron chi connectivity index (χ2n) is 4.69. The minimum Gasteiger partial charge on any atom is -0.393 e. The van der Waals surface area contributed by atoms with Crippen molar-refractivity contribution in [1.82, 2.24) is 5.32 Å². The van der Waals surface area contributed by atoms with Crippen LogP contribution in [0.4, 0.5) is 13.2 Å². The lowest BCUT2D eigenvalue weighted by Crippen LogP contribution is -2.52. The number of rotatable bonds is 4. The molecule has 0 heterocycles. The first-order chi connectivity index (χ1) is 7.61. The van der Waals surface area contributed by atoms with Crippen molar-refractivity contribution in [3.63, 3.8) is 0 Å². The Morgan fingerprint density at radius 3 is 2.12 bits per heavy atom. The maximum Gasteiger partial charge on any atom is 0.411 e. The van der Waals surface area contributed by atoms with E-state index in [-0.39, 0.29) is 23.7 Å². The topological polar surface area (TPSA) is 55.1 Å². The molecule has 1 atom stereocenters. The molecule has 0 aliphatic heterocycles. The highest BCUT2D eigenvalue weighted by molar-refractivity contribution is 7.80. The van der Waals surface area contributed by atoms with Crippen LogP contribution in [0.5, 0.6) is 0 Å². The number of hydrogen-bond donors (Lipinski definition) is 2. The second kappa shape index (κ2) is 4.44. The molecule has 17 heavy (non-hydrogen) atoms. The molecule has 0 aromatic rings. The van der Waals surface area contributed by atoms with E-state index in [2.05, 4.69) is 0 Å². The third kappa shape index (κ3) is 2.88. The highest BCUT2D eigenvalue weighted by atomic mass is 32.1. The number of thiocarbonyl (C=S) groups is 1. The molecule has 1 fully saturated rings. The van der Waals surface area contributed by atoms with E-state index < -0.39 is 23.5 Å². The Balaban J connectivity index is 2.76. The summed E-state index contributed by atoms with van der Waals surface area (Å²) in [6, 6.07) is 0. The van der Waals surface area contributed by atoms with Gasteiger partial charge in [-0.1, -0.05) is 26.1 Å². The lowest BCUT2D eigenvalue weighted by Gasteiger charge is -2.25. The molecule has 1 aliphatic carbocycles. The Bertz CT molecular complexity index is 337. The van der Waals surface area contributed by atoms with E-state index >= 15 is 0 Å². The van der Waals surface area contributed by atoms with Crippen LogP contribution in [0.15, 0.2) is 0 Å². The fourth-order valence-corrected chi connectivity index (χ4v) is 2.06. The molecule has 1 aliphatic rings. The smallest absolute Gasteiger partial charge is 0.393 e. The molecule has 3 N–H and O–H groups in total. The number of carbonyl (C=O) groups excluding carboxylic acids is 1. The average molecular weight is 268 g/mol. The van der Waals surface area contributed by atoms with E-state index in [9.17, 15) is 18.0 Å². The zero-order chi connectivity index (χ0) is 13.4. The van der Waals surface area contributed by atoms with E-state index in [0.29, 0.717) is 0 Å². The number of carbonyl (C=O) groups is 1. The van der Waals surface area contributed by atoms with Gasteiger partial charge in [0.1, 0.15) is 5.54 Å². The molecule has 3 nitrogen and oxygen atoms in total. The Labute approximate surface area is 103 Å². The van der Waals surface area contributed by atoms with Crippen LogP contribution >= 0.6 is 12.2 Å². The van der Waals surface area contributed by atoms with Gasteiger partial charge in [0.05, 0.1) is 10.9 Å². The molecule has 0 aromatic carbocycles. The zero-order valence-electron chi connectivity index (χ0n) is 9.60. The maximum atomic E-state index is 12.6. The standard InChI is InChI=1S/C10H15F3N2OS/c1-5(2)6(7(14)17)8(16)15-9(3-4-9)10(11,12)13/h5-6H,3-4H2,1-2H3,(H2,14,17)(H,15,16). The summed E-state index contributed by atoms with van der Waals surface area (Å²) >= 11 is 4.71. The van der Waals surface area contributed by atoms with Crippen molar-refractivity contribution in [2.45, 2.75) is 38.4 Å². The molecule has 7 heteroatoms. The van der Waals surface area contributed by atoms with Crippen molar-refractivity contribution in [3.05, 3.63) is 0 Å². The van der Waals surface area contributed by atoms with Crippen molar-refractivity contribution < 1.29 is 18.0 Å². The summed E-state index contributed by atoms with van der Waals surface area (Å²) in [7, 11) is 0. The molecule has 0 radical (unpaired) electrons. The quantitative estimate of drug-likeness (QED) is 0.764. The second-order valence-corrected chi connectivity index (χ2v) is 5.16. The summed E-state index contributed by atoms with van der Waals surface area (Å²) in [6.45, 7) is 3.38. The summed E-state index contributed by atoms with van der Waals surface area (Å²) in [5.74, 6) is -1.82. The molecule has 0 bridgehead atoms. The Hall–Kier alpha value is -0.850. The van der Waals surface area contributed by atoms with Gasteiger partial charge in [-0.15, -0.1) is 0 Å². The lowest BCUT2D eigenvalue weighted by atomic mass is 9.94. The van der Waals surface area contributed by atoms with Crippen molar-refractivity contribution in [1.29, 1.82) is 0 Å². The highest BCUT2D eigenvalue weighted by Crippen LogP contribution is 2.49. The molecule has 1 amide bonds. The fraction of sp³-hybridized carbons (Fsp3) is 0.800. The Morgan fingerprint density at radius 1 is 1.41 bits per heavy atom. The van der Waals surface area contributed by atoms with E-state index in [4.69, 9.17) is 18.0 Å². The molecule has 98 valence electrons. The molecule has 0 aromatic heterocycles. The lowest BCUT2D eigenvalue weighted by molar-refractivity contribution is -0.171. The number of nitrogens with one attached hydrogen (secondary N) is 1. The van der Waals surface area contributed by atoms with Gasteiger partial charge < -0.3 is 11.1 Å². The molecular formula is C10H15F3N2OS. The van der Waals surface area contributed by atoms with Gasteiger partial charge in [-0.3, -0.25) is 4.79 Å². The molecule has 1 unspecified atom stereocenters. The van der Waals surface area contributed by atoms with Gasteiger partial charge in [0.2, 0.25) is 5.91 Å².